The summed E-state index contributed by atoms with van der Waals surface area (Å²) in [6.45, 7) is 3.50. The van der Waals surface area contributed by atoms with E-state index in [0.717, 1.165) is 5.56 Å². The zero-order valence-corrected chi connectivity index (χ0v) is 12.4. The van der Waals surface area contributed by atoms with Gasteiger partial charge in [0.25, 0.3) is 5.91 Å². The number of carbonyl (C=O) groups is 1. The third kappa shape index (κ3) is 4.20. The molecule has 5 heteroatoms. The van der Waals surface area contributed by atoms with E-state index >= 15 is 0 Å². The second kappa shape index (κ2) is 6.59. The molecule has 0 aromatic heterocycles. The maximum atomic E-state index is 12.8. The zero-order valence-electron chi connectivity index (χ0n) is 11.7. The normalized spacial score (nSPS) is 11.8. The number of anilines is 1. The summed E-state index contributed by atoms with van der Waals surface area (Å²) in [5.74, 6) is -0.222. The molecule has 1 amide bonds. The summed E-state index contributed by atoms with van der Waals surface area (Å²) >= 11 is 5.91. The third-order valence-electron chi connectivity index (χ3n) is 2.95. The van der Waals surface area contributed by atoms with Gasteiger partial charge in [-0.3, -0.25) is 4.79 Å². The van der Waals surface area contributed by atoms with E-state index in [2.05, 4.69) is 5.32 Å². The number of nitrogens with one attached hydrogen (secondary N) is 1. The first-order valence-electron chi connectivity index (χ1n) is 6.45. The highest BCUT2D eigenvalue weighted by Crippen LogP contribution is 2.21. The van der Waals surface area contributed by atoms with Crippen LogP contribution in [0.1, 0.15) is 12.5 Å². The fourth-order valence-electron chi connectivity index (χ4n) is 1.73. The van der Waals surface area contributed by atoms with Gasteiger partial charge in [-0.15, -0.1) is 0 Å². The molecule has 2 rings (SSSR count). The van der Waals surface area contributed by atoms with E-state index in [1.807, 2.05) is 13.0 Å². The molecule has 2 aromatic rings. The monoisotopic (exact) mass is 307 g/mol. The molecule has 0 aliphatic carbocycles. The highest BCUT2D eigenvalue weighted by molar-refractivity contribution is 6.31. The average Bonchev–Trinajstić information content (AvgIpc) is 2.45. The van der Waals surface area contributed by atoms with Crippen molar-refractivity contribution in [2.45, 2.75) is 20.0 Å². The maximum absolute atomic E-state index is 12.8. The highest BCUT2D eigenvalue weighted by atomic mass is 35.5. The number of carbonyl (C=O) groups excluding carboxylic acids is 1. The second-order valence-electron chi connectivity index (χ2n) is 4.66. The van der Waals surface area contributed by atoms with E-state index in [1.54, 1.807) is 19.1 Å². The summed E-state index contributed by atoms with van der Waals surface area (Å²) in [4.78, 5) is 12.1. The lowest BCUT2D eigenvalue weighted by atomic mass is 10.2. The molecule has 110 valence electrons. The topological polar surface area (TPSA) is 38.3 Å². The van der Waals surface area contributed by atoms with Crippen molar-refractivity contribution in [2.75, 3.05) is 5.32 Å². The van der Waals surface area contributed by atoms with Gasteiger partial charge in [-0.2, -0.15) is 0 Å². The number of halogens is 2. The molecule has 0 radical (unpaired) electrons. The van der Waals surface area contributed by atoms with Crippen LogP contribution in [-0.4, -0.2) is 12.0 Å². The van der Waals surface area contributed by atoms with Gasteiger partial charge in [-0.25, -0.2) is 4.39 Å². The molecule has 0 spiro atoms. The van der Waals surface area contributed by atoms with Gasteiger partial charge >= 0.3 is 0 Å². The molecule has 0 unspecified atom stereocenters. The van der Waals surface area contributed by atoms with Gasteiger partial charge in [0.05, 0.1) is 0 Å². The second-order valence-corrected chi connectivity index (χ2v) is 5.10. The molecular formula is C16H15ClFNO2. The number of hydrogen-bond donors (Lipinski definition) is 1. The molecule has 1 atom stereocenters. The molecule has 0 heterocycles. The van der Waals surface area contributed by atoms with Crippen molar-refractivity contribution in [3.8, 4) is 5.75 Å². The van der Waals surface area contributed by atoms with Gasteiger partial charge in [0.15, 0.2) is 6.10 Å². The van der Waals surface area contributed by atoms with Gasteiger partial charge in [0, 0.05) is 10.7 Å². The minimum atomic E-state index is -0.714. The average molecular weight is 308 g/mol. The summed E-state index contributed by atoms with van der Waals surface area (Å²) in [5.41, 5.74) is 1.55. The Bertz CT molecular complexity index is 643. The molecule has 0 aliphatic heterocycles. The van der Waals surface area contributed by atoms with E-state index < -0.39 is 6.10 Å². The maximum Gasteiger partial charge on any atom is 0.265 e. The van der Waals surface area contributed by atoms with Crippen LogP contribution in [0.5, 0.6) is 5.75 Å². The Hall–Kier alpha value is -2.07. The highest BCUT2D eigenvalue weighted by Gasteiger charge is 2.16. The van der Waals surface area contributed by atoms with Crippen molar-refractivity contribution in [2.24, 2.45) is 0 Å². The molecule has 1 N–H and O–H groups in total. The first kappa shape index (κ1) is 15.3. The number of ether oxygens (including phenoxy) is 1. The Labute approximate surface area is 127 Å². The number of amides is 1. The molecule has 21 heavy (non-hydrogen) atoms. The molecule has 2 aromatic carbocycles. The van der Waals surface area contributed by atoms with Gasteiger partial charge in [0.1, 0.15) is 11.6 Å². The lowest BCUT2D eigenvalue weighted by Crippen LogP contribution is -2.30. The van der Waals surface area contributed by atoms with Crippen molar-refractivity contribution in [1.29, 1.82) is 0 Å². The lowest BCUT2D eigenvalue weighted by molar-refractivity contribution is -0.122. The number of aryl methyl sites for hydroxylation is 1. The summed E-state index contributed by atoms with van der Waals surface area (Å²) < 4.78 is 18.3. The van der Waals surface area contributed by atoms with Crippen LogP contribution in [0.15, 0.2) is 42.5 Å². The largest absolute Gasteiger partial charge is 0.481 e. The molecule has 0 saturated carbocycles. The summed E-state index contributed by atoms with van der Waals surface area (Å²) in [6, 6.07) is 10.8. The molecule has 0 fully saturated rings. The van der Waals surface area contributed by atoms with E-state index in [1.165, 1.54) is 24.3 Å². The number of benzene rings is 2. The molecule has 0 aliphatic rings. The fourth-order valence-corrected chi connectivity index (χ4v) is 1.91. The smallest absolute Gasteiger partial charge is 0.265 e. The van der Waals surface area contributed by atoms with Crippen LogP contribution in [0, 0.1) is 12.7 Å². The van der Waals surface area contributed by atoms with E-state index in [9.17, 15) is 9.18 Å². The lowest BCUT2D eigenvalue weighted by Gasteiger charge is -2.16. The molecule has 0 bridgehead atoms. The van der Waals surface area contributed by atoms with Crippen molar-refractivity contribution in [3.05, 3.63) is 58.9 Å². The Balaban J connectivity index is 2.02. The molecular weight excluding hydrogens is 293 g/mol. The predicted octanol–water partition coefficient (Wildman–Crippen LogP) is 4.19. The zero-order chi connectivity index (χ0) is 15.4. The van der Waals surface area contributed by atoms with Crippen LogP contribution >= 0.6 is 11.6 Å². The standard InChI is InChI=1S/C16H15ClFNO2/c1-10-3-4-12(17)9-15(10)19-16(20)11(2)21-14-7-5-13(18)6-8-14/h3-9,11H,1-2H3,(H,19,20)/t11-/m1/s1. The third-order valence-corrected chi connectivity index (χ3v) is 3.19. The van der Waals surface area contributed by atoms with Crippen LogP contribution < -0.4 is 10.1 Å². The minimum absolute atomic E-state index is 0.301. The van der Waals surface area contributed by atoms with Gasteiger partial charge in [0.2, 0.25) is 0 Å². The van der Waals surface area contributed by atoms with Gasteiger partial charge in [-0.1, -0.05) is 17.7 Å². The van der Waals surface area contributed by atoms with Crippen LogP contribution in [-0.2, 0) is 4.79 Å². The summed E-state index contributed by atoms with van der Waals surface area (Å²) in [7, 11) is 0. The van der Waals surface area contributed by atoms with Crippen molar-refractivity contribution < 1.29 is 13.9 Å². The van der Waals surface area contributed by atoms with E-state index in [-0.39, 0.29) is 11.7 Å². The van der Waals surface area contributed by atoms with Crippen molar-refractivity contribution in [1.82, 2.24) is 0 Å². The Morgan fingerprint density at radius 1 is 1.24 bits per heavy atom. The van der Waals surface area contributed by atoms with Crippen LogP contribution in [0.25, 0.3) is 0 Å². The minimum Gasteiger partial charge on any atom is -0.481 e. The Morgan fingerprint density at radius 3 is 2.57 bits per heavy atom. The fraction of sp³-hybridized carbons (Fsp3) is 0.188. The van der Waals surface area contributed by atoms with E-state index in [4.69, 9.17) is 16.3 Å². The number of hydrogen-bond acceptors (Lipinski definition) is 2. The van der Waals surface area contributed by atoms with E-state index in [0.29, 0.717) is 16.5 Å². The summed E-state index contributed by atoms with van der Waals surface area (Å²) in [6.07, 6.45) is -0.714. The summed E-state index contributed by atoms with van der Waals surface area (Å²) in [5, 5.41) is 3.30. The van der Waals surface area contributed by atoms with Crippen LogP contribution in [0.2, 0.25) is 5.02 Å². The molecule has 0 saturated heterocycles. The van der Waals surface area contributed by atoms with Crippen molar-refractivity contribution >= 4 is 23.2 Å². The van der Waals surface area contributed by atoms with Crippen LogP contribution in [0.4, 0.5) is 10.1 Å². The molecule has 3 nitrogen and oxygen atoms in total. The van der Waals surface area contributed by atoms with Crippen LogP contribution in [0.3, 0.4) is 0 Å². The first-order chi connectivity index (χ1) is 9.95. The SMILES string of the molecule is Cc1ccc(Cl)cc1NC(=O)[C@@H](C)Oc1ccc(F)cc1. The first-order valence-corrected chi connectivity index (χ1v) is 6.83. The predicted molar refractivity (Wildman–Crippen MR) is 81.3 cm³/mol. The Morgan fingerprint density at radius 2 is 1.90 bits per heavy atom. The number of rotatable bonds is 4. The van der Waals surface area contributed by atoms with Gasteiger partial charge in [-0.05, 0) is 55.8 Å². The van der Waals surface area contributed by atoms with Gasteiger partial charge < -0.3 is 10.1 Å². The quantitative estimate of drug-likeness (QED) is 0.919. The Kier molecular flexibility index (Phi) is 4.81. The van der Waals surface area contributed by atoms with Crippen molar-refractivity contribution in [3.63, 3.8) is 0 Å².